The minimum absolute atomic E-state index is 0.140. The summed E-state index contributed by atoms with van der Waals surface area (Å²) < 4.78 is 24.9. The number of halogens is 1. The Balaban J connectivity index is 2.61. The highest BCUT2D eigenvalue weighted by Crippen LogP contribution is 2.39. The zero-order valence-electron chi connectivity index (χ0n) is 12.7. The van der Waals surface area contributed by atoms with Crippen molar-refractivity contribution in [3.8, 4) is 22.6 Å². The summed E-state index contributed by atoms with van der Waals surface area (Å²) >= 11 is 0. The van der Waals surface area contributed by atoms with E-state index in [2.05, 4.69) is 5.32 Å². The van der Waals surface area contributed by atoms with Gasteiger partial charge in [0.25, 0.3) is 0 Å². The van der Waals surface area contributed by atoms with Crippen LogP contribution in [0.15, 0.2) is 36.4 Å². The van der Waals surface area contributed by atoms with Crippen LogP contribution in [0.5, 0.6) is 11.5 Å². The van der Waals surface area contributed by atoms with E-state index in [1.165, 1.54) is 6.07 Å². The average molecular weight is 289 g/mol. The van der Waals surface area contributed by atoms with E-state index in [1.807, 2.05) is 32.2 Å². The molecule has 21 heavy (non-hydrogen) atoms. The second-order valence-corrected chi connectivity index (χ2v) is 4.79. The molecule has 2 rings (SSSR count). The highest BCUT2D eigenvalue weighted by Gasteiger charge is 2.16. The van der Waals surface area contributed by atoms with Gasteiger partial charge in [-0.25, -0.2) is 4.39 Å². The van der Waals surface area contributed by atoms with Crippen LogP contribution in [-0.2, 0) is 0 Å². The van der Waals surface area contributed by atoms with Gasteiger partial charge in [0.15, 0.2) is 11.5 Å². The third-order valence-corrected chi connectivity index (χ3v) is 3.62. The third-order valence-electron chi connectivity index (χ3n) is 3.62. The molecule has 112 valence electrons. The van der Waals surface area contributed by atoms with Gasteiger partial charge in [-0.1, -0.05) is 18.2 Å². The monoisotopic (exact) mass is 289 g/mol. The molecule has 0 aliphatic carbocycles. The van der Waals surface area contributed by atoms with Gasteiger partial charge in [-0.05, 0) is 37.7 Å². The summed E-state index contributed by atoms with van der Waals surface area (Å²) in [6, 6.07) is 10.7. The van der Waals surface area contributed by atoms with Crippen LogP contribution in [0.1, 0.15) is 18.5 Å². The van der Waals surface area contributed by atoms with Crippen LogP contribution in [0.3, 0.4) is 0 Å². The first-order valence-corrected chi connectivity index (χ1v) is 6.80. The lowest BCUT2D eigenvalue weighted by atomic mass is 9.98. The molecule has 0 fully saturated rings. The number of hydrogen-bond donors (Lipinski definition) is 1. The summed E-state index contributed by atoms with van der Waals surface area (Å²) in [6.45, 7) is 2.03. The summed E-state index contributed by atoms with van der Waals surface area (Å²) in [4.78, 5) is 0. The molecule has 0 heterocycles. The molecule has 0 spiro atoms. The highest BCUT2D eigenvalue weighted by molar-refractivity contribution is 5.74. The minimum Gasteiger partial charge on any atom is -0.493 e. The van der Waals surface area contributed by atoms with Gasteiger partial charge in [-0.15, -0.1) is 0 Å². The number of benzene rings is 2. The van der Waals surface area contributed by atoms with Gasteiger partial charge in [0.1, 0.15) is 5.82 Å². The van der Waals surface area contributed by atoms with Gasteiger partial charge in [-0.2, -0.15) is 0 Å². The van der Waals surface area contributed by atoms with Crippen LogP contribution in [0.2, 0.25) is 0 Å². The maximum absolute atomic E-state index is 14.3. The molecule has 2 aromatic rings. The molecule has 1 atom stereocenters. The van der Waals surface area contributed by atoms with E-state index in [0.717, 1.165) is 5.56 Å². The van der Waals surface area contributed by atoms with Crippen LogP contribution in [0.4, 0.5) is 4.39 Å². The van der Waals surface area contributed by atoms with E-state index in [-0.39, 0.29) is 11.9 Å². The first-order chi connectivity index (χ1) is 10.1. The van der Waals surface area contributed by atoms with Gasteiger partial charge < -0.3 is 14.8 Å². The summed E-state index contributed by atoms with van der Waals surface area (Å²) in [5.74, 6) is 0.836. The number of para-hydroxylation sites is 1. The molecule has 2 aromatic carbocycles. The maximum atomic E-state index is 14.3. The van der Waals surface area contributed by atoms with Gasteiger partial charge in [0.2, 0.25) is 0 Å². The van der Waals surface area contributed by atoms with Crippen LogP contribution >= 0.6 is 0 Å². The van der Waals surface area contributed by atoms with Crippen LogP contribution in [-0.4, -0.2) is 21.3 Å². The van der Waals surface area contributed by atoms with Gasteiger partial charge >= 0.3 is 0 Å². The standard InChI is InChI=1S/C17H20FNO2/c1-11(19-2)12-8-9-15(18)14(10-12)13-6-5-7-16(20-3)17(13)21-4/h5-11,19H,1-4H3. The van der Waals surface area contributed by atoms with Crippen molar-refractivity contribution < 1.29 is 13.9 Å². The van der Waals surface area contributed by atoms with E-state index in [1.54, 1.807) is 26.4 Å². The number of methoxy groups -OCH3 is 2. The summed E-state index contributed by atoms with van der Waals surface area (Å²) in [7, 11) is 5.00. The summed E-state index contributed by atoms with van der Waals surface area (Å²) in [5, 5.41) is 3.15. The van der Waals surface area contributed by atoms with E-state index >= 15 is 0 Å². The van der Waals surface area contributed by atoms with Crippen molar-refractivity contribution >= 4 is 0 Å². The predicted octanol–water partition coefficient (Wildman–Crippen LogP) is 3.79. The zero-order valence-corrected chi connectivity index (χ0v) is 12.7. The minimum atomic E-state index is -0.284. The molecule has 0 radical (unpaired) electrons. The largest absolute Gasteiger partial charge is 0.493 e. The normalized spacial score (nSPS) is 12.0. The van der Waals surface area contributed by atoms with Crippen LogP contribution in [0, 0.1) is 5.82 Å². The number of ether oxygens (including phenoxy) is 2. The second kappa shape index (κ2) is 6.59. The molecule has 4 heteroatoms. The maximum Gasteiger partial charge on any atom is 0.168 e. The predicted molar refractivity (Wildman–Crippen MR) is 82.4 cm³/mol. The van der Waals surface area contributed by atoms with Crippen molar-refractivity contribution in [2.75, 3.05) is 21.3 Å². The topological polar surface area (TPSA) is 30.5 Å². The van der Waals surface area contributed by atoms with Crippen LogP contribution < -0.4 is 14.8 Å². The van der Waals surface area contributed by atoms with Crippen molar-refractivity contribution in [1.29, 1.82) is 0 Å². The Kier molecular flexibility index (Phi) is 4.81. The second-order valence-electron chi connectivity index (χ2n) is 4.79. The Morgan fingerprint density at radius 2 is 1.81 bits per heavy atom. The third kappa shape index (κ3) is 3.00. The molecular formula is C17H20FNO2. The van der Waals surface area contributed by atoms with E-state index in [4.69, 9.17) is 9.47 Å². The fraction of sp³-hybridized carbons (Fsp3) is 0.294. The summed E-state index contributed by atoms with van der Waals surface area (Å²) in [5.41, 5.74) is 2.20. The molecule has 1 unspecified atom stereocenters. The zero-order chi connectivity index (χ0) is 15.4. The first kappa shape index (κ1) is 15.3. The molecule has 1 N–H and O–H groups in total. The Morgan fingerprint density at radius 1 is 1.05 bits per heavy atom. The Labute approximate surface area is 124 Å². The van der Waals surface area contributed by atoms with Crippen LogP contribution in [0.25, 0.3) is 11.1 Å². The molecule has 0 saturated heterocycles. The van der Waals surface area contributed by atoms with E-state index in [0.29, 0.717) is 22.6 Å². The molecule has 0 aromatic heterocycles. The average Bonchev–Trinajstić information content (AvgIpc) is 2.53. The first-order valence-electron chi connectivity index (χ1n) is 6.80. The number of rotatable bonds is 5. The molecule has 0 aliphatic heterocycles. The summed E-state index contributed by atoms with van der Waals surface area (Å²) in [6.07, 6.45) is 0. The van der Waals surface area contributed by atoms with Gasteiger partial charge in [-0.3, -0.25) is 0 Å². The number of nitrogens with one attached hydrogen (secondary N) is 1. The Morgan fingerprint density at radius 3 is 2.43 bits per heavy atom. The van der Waals surface area contributed by atoms with Crippen molar-refractivity contribution in [2.24, 2.45) is 0 Å². The van der Waals surface area contributed by atoms with Crippen molar-refractivity contribution in [1.82, 2.24) is 5.32 Å². The van der Waals surface area contributed by atoms with Gasteiger partial charge in [0, 0.05) is 17.2 Å². The molecule has 3 nitrogen and oxygen atoms in total. The van der Waals surface area contributed by atoms with Crippen molar-refractivity contribution in [3.05, 3.63) is 47.8 Å². The Hall–Kier alpha value is -2.07. The lowest BCUT2D eigenvalue weighted by molar-refractivity contribution is 0.356. The van der Waals surface area contributed by atoms with E-state index < -0.39 is 0 Å². The molecule has 0 amide bonds. The smallest absolute Gasteiger partial charge is 0.168 e. The number of hydrogen-bond acceptors (Lipinski definition) is 3. The molecule has 0 bridgehead atoms. The van der Waals surface area contributed by atoms with Gasteiger partial charge in [0.05, 0.1) is 14.2 Å². The Bertz CT molecular complexity index is 628. The molecule has 0 aliphatic rings. The molecule has 0 saturated carbocycles. The SMILES string of the molecule is CNC(C)c1ccc(F)c(-c2cccc(OC)c2OC)c1. The fourth-order valence-electron chi connectivity index (χ4n) is 2.28. The van der Waals surface area contributed by atoms with Crippen molar-refractivity contribution in [2.45, 2.75) is 13.0 Å². The quantitative estimate of drug-likeness (QED) is 0.908. The lowest BCUT2D eigenvalue weighted by Crippen LogP contribution is -2.12. The van der Waals surface area contributed by atoms with Crippen molar-refractivity contribution in [3.63, 3.8) is 0 Å². The van der Waals surface area contributed by atoms with E-state index in [9.17, 15) is 4.39 Å². The highest BCUT2D eigenvalue weighted by atomic mass is 19.1. The fourth-order valence-corrected chi connectivity index (χ4v) is 2.28. The molecular weight excluding hydrogens is 269 g/mol. The lowest BCUT2D eigenvalue weighted by Gasteiger charge is -2.16.